The van der Waals surface area contributed by atoms with E-state index in [1.165, 1.54) is 24.1 Å². The molecule has 0 atom stereocenters. The number of hydrogen-bond acceptors (Lipinski definition) is 4. The van der Waals surface area contributed by atoms with Crippen LogP contribution in [0.3, 0.4) is 0 Å². The molecule has 0 radical (unpaired) electrons. The summed E-state index contributed by atoms with van der Waals surface area (Å²) in [6.07, 6.45) is 6.27. The van der Waals surface area contributed by atoms with Gasteiger partial charge in [0.15, 0.2) is 5.82 Å². The molecule has 0 spiro atoms. The molecule has 0 amide bonds. The normalized spacial score (nSPS) is 14.2. The maximum absolute atomic E-state index is 4.76. The fraction of sp³-hybridized carbons (Fsp3) is 0.412. The summed E-state index contributed by atoms with van der Waals surface area (Å²) in [6, 6.07) is 9.08. The van der Waals surface area contributed by atoms with Crippen LogP contribution in [0.4, 0.5) is 11.5 Å². The second kappa shape index (κ2) is 6.22. The maximum atomic E-state index is 4.76. The summed E-state index contributed by atoms with van der Waals surface area (Å²) < 4.78 is 0. The fourth-order valence-electron chi connectivity index (χ4n) is 2.47. The smallest absolute Gasteiger partial charge is 0.151 e. The van der Waals surface area contributed by atoms with Crippen molar-refractivity contribution in [2.45, 2.75) is 39.3 Å². The molecule has 1 aliphatic carbocycles. The van der Waals surface area contributed by atoms with Crippen molar-refractivity contribution >= 4 is 11.5 Å². The number of aromatic nitrogens is 2. The summed E-state index contributed by atoms with van der Waals surface area (Å²) in [4.78, 5) is 11.3. The zero-order valence-corrected chi connectivity index (χ0v) is 12.7. The number of nitrogens with zero attached hydrogens (tertiary/aromatic N) is 3. The zero-order valence-electron chi connectivity index (χ0n) is 12.7. The van der Waals surface area contributed by atoms with E-state index < -0.39 is 0 Å². The predicted molar refractivity (Wildman–Crippen MR) is 85.8 cm³/mol. The summed E-state index contributed by atoms with van der Waals surface area (Å²) in [5.74, 6) is 0.918. The van der Waals surface area contributed by atoms with Gasteiger partial charge in [0.05, 0.1) is 11.9 Å². The van der Waals surface area contributed by atoms with Crippen LogP contribution in [0.5, 0.6) is 0 Å². The molecule has 0 bridgehead atoms. The van der Waals surface area contributed by atoms with Gasteiger partial charge in [-0.3, -0.25) is 4.98 Å². The van der Waals surface area contributed by atoms with Crippen LogP contribution in [-0.2, 0) is 6.54 Å². The molecular weight excluding hydrogens is 260 g/mol. The number of para-hydroxylation sites is 1. The van der Waals surface area contributed by atoms with Crippen LogP contribution in [0.25, 0.3) is 0 Å². The van der Waals surface area contributed by atoms with E-state index in [0.717, 1.165) is 24.6 Å². The lowest BCUT2D eigenvalue weighted by Gasteiger charge is -2.24. The van der Waals surface area contributed by atoms with Gasteiger partial charge < -0.3 is 10.2 Å². The molecule has 1 N–H and O–H groups in total. The van der Waals surface area contributed by atoms with Crippen molar-refractivity contribution in [2.75, 3.05) is 11.4 Å². The highest BCUT2D eigenvalue weighted by Gasteiger charge is 2.20. The lowest BCUT2D eigenvalue weighted by Crippen LogP contribution is -2.21. The van der Waals surface area contributed by atoms with Gasteiger partial charge in [-0.2, -0.15) is 0 Å². The van der Waals surface area contributed by atoms with Crippen molar-refractivity contribution in [3.8, 4) is 0 Å². The SMILES string of the molecule is CCN(c1cncc(CNC2CC2)n1)c1ccccc1C. The number of hydrogen-bond donors (Lipinski definition) is 1. The van der Waals surface area contributed by atoms with Crippen molar-refractivity contribution in [1.82, 2.24) is 15.3 Å². The molecular formula is C17H22N4. The predicted octanol–water partition coefficient (Wildman–Crippen LogP) is 3.20. The second-order valence-corrected chi connectivity index (χ2v) is 5.55. The number of rotatable bonds is 6. The van der Waals surface area contributed by atoms with Gasteiger partial charge in [-0.05, 0) is 38.3 Å². The van der Waals surface area contributed by atoms with Gasteiger partial charge in [0.25, 0.3) is 0 Å². The maximum Gasteiger partial charge on any atom is 0.151 e. The molecule has 3 rings (SSSR count). The van der Waals surface area contributed by atoms with E-state index in [9.17, 15) is 0 Å². The quantitative estimate of drug-likeness (QED) is 0.883. The molecule has 1 aromatic carbocycles. The summed E-state index contributed by atoms with van der Waals surface area (Å²) >= 11 is 0. The van der Waals surface area contributed by atoms with E-state index in [2.05, 4.69) is 53.3 Å². The molecule has 2 aromatic rings. The standard InChI is InChI=1S/C17H22N4/c1-3-21(16-7-5-4-6-13(16)2)17-12-18-10-15(20-17)11-19-14-8-9-14/h4-7,10,12,14,19H,3,8-9,11H2,1-2H3. The molecule has 0 unspecified atom stereocenters. The van der Waals surface area contributed by atoms with Crippen LogP contribution in [0, 0.1) is 6.92 Å². The van der Waals surface area contributed by atoms with Crippen molar-refractivity contribution in [1.29, 1.82) is 0 Å². The third-order valence-corrected chi connectivity index (χ3v) is 3.82. The zero-order chi connectivity index (χ0) is 14.7. The molecule has 1 aromatic heterocycles. The number of nitrogens with one attached hydrogen (secondary N) is 1. The molecule has 4 nitrogen and oxygen atoms in total. The summed E-state index contributed by atoms with van der Waals surface area (Å²) in [7, 11) is 0. The largest absolute Gasteiger partial charge is 0.325 e. The summed E-state index contributed by atoms with van der Waals surface area (Å²) in [6.45, 7) is 5.95. The van der Waals surface area contributed by atoms with Crippen LogP contribution in [0.1, 0.15) is 31.0 Å². The van der Waals surface area contributed by atoms with Gasteiger partial charge in [0, 0.05) is 31.0 Å². The van der Waals surface area contributed by atoms with E-state index in [1.807, 2.05) is 12.4 Å². The van der Waals surface area contributed by atoms with E-state index >= 15 is 0 Å². The molecule has 4 heteroatoms. The van der Waals surface area contributed by atoms with Crippen molar-refractivity contribution in [3.63, 3.8) is 0 Å². The molecule has 1 saturated carbocycles. The van der Waals surface area contributed by atoms with Gasteiger partial charge >= 0.3 is 0 Å². The first-order valence-corrected chi connectivity index (χ1v) is 7.65. The Balaban J connectivity index is 1.82. The van der Waals surface area contributed by atoms with Crippen LogP contribution in [-0.4, -0.2) is 22.6 Å². The van der Waals surface area contributed by atoms with Gasteiger partial charge in [-0.1, -0.05) is 18.2 Å². The van der Waals surface area contributed by atoms with Gasteiger partial charge in [-0.25, -0.2) is 4.98 Å². The Hall–Kier alpha value is -1.94. The molecule has 0 saturated heterocycles. The third kappa shape index (κ3) is 3.39. The Morgan fingerprint density at radius 3 is 2.76 bits per heavy atom. The summed E-state index contributed by atoms with van der Waals surface area (Å²) in [5.41, 5.74) is 3.45. The van der Waals surface area contributed by atoms with E-state index in [1.54, 1.807) is 0 Å². The molecule has 1 aliphatic rings. The topological polar surface area (TPSA) is 41.1 Å². The summed E-state index contributed by atoms with van der Waals surface area (Å²) in [5, 5.41) is 3.49. The Bertz CT molecular complexity index is 607. The van der Waals surface area contributed by atoms with Gasteiger partial charge in [0.1, 0.15) is 0 Å². The minimum atomic E-state index is 0.689. The molecule has 21 heavy (non-hydrogen) atoms. The lowest BCUT2D eigenvalue weighted by molar-refractivity contribution is 0.671. The first kappa shape index (κ1) is 14.0. The Morgan fingerprint density at radius 2 is 2.05 bits per heavy atom. The van der Waals surface area contributed by atoms with E-state index in [4.69, 9.17) is 4.98 Å². The van der Waals surface area contributed by atoms with E-state index in [-0.39, 0.29) is 0 Å². The van der Waals surface area contributed by atoms with Gasteiger partial charge in [0.2, 0.25) is 0 Å². The fourth-order valence-corrected chi connectivity index (χ4v) is 2.47. The lowest BCUT2D eigenvalue weighted by atomic mass is 10.2. The Morgan fingerprint density at radius 1 is 1.24 bits per heavy atom. The molecule has 1 fully saturated rings. The minimum absolute atomic E-state index is 0.689. The van der Waals surface area contributed by atoms with E-state index in [0.29, 0.717) is 6.04 Å². The monoisotopic (exact) mass is 282 g/mol. The first-order chi connectivity index (χ1) is 10.3. The van der Waals surface area contributed by atoms with Crippen molar-refractivity contribution < 1.29 is 0 Å². The highest BCUT2D eigenvalue weighted by atomic mass is 15.2. The van der Waals surface area contributed by atoms with Gasteiger partial charge in [-0.15, -0.1) is 0 Å². The third-order valence-electron chi connectivity index (χ3n) is 3.82. The van der Waals surface area contributed by atoms with Crippen molar-refractivity contribution in [3.05, 3.63) is 47.9 Å². The minimum Gasteiger partial charge on any atom is -0.325 e. The highest BCUT2D eigenvalue weighted by Crippen LogP contribution is 2.26. The Kier molecular flexibility index (Phi) is 4.15. The number of anilines is 2. The van der Waals surface area contributed by atoms with Crippen LogP contribution in [0.2, 0.25) is 0 Å². The second-order valence-electron chi connectivity index (χ2n) is 5.55. The number of benzene rings is 1. The Labute approximate surface area is 126 Å². The average molecular weight is 282 g/mol. The van der Waals surface area contributed by atoms with Crippen LogP contribution in [0.15, 0.2) is 36.7 Å². The molecule has 1 heterocycles. The molecule has 0 aliphatic heterocycles. The van der Waals surface area contributed by atoms with Crippen molar-refractivity contribution in [2.24, 2.45) is 0 Å². The molecule has 110 valence electrons. The number of aryl methyl sites for hydroxylation is 1. The average Bonchev–Trinajstić information content (AvgIpc) is 3.33. The first-order valence-electron chi connectivity index (χ1n) is 7.65. The van der Waals surface area contributed by atoms with Crippen LogP contribution >= 0.6 is 0 Å². The van der Waals surface area contributed by atoms with Crippen LogP contribution < -0.4 is 10.2 Å². The highest BCUT2D eigenvalue weighted by molar-refractivity contribution is 5.62.